The Morgan fingerprint density at radius 2 is 0.875 bits per heavy atom. The van der Waals surface area contributed by atoms with Crippen LogP contribution in [0.5, 0.6) is 11.5 Å². The van der Waals surface area contributed by atoms with Gasteiger partial charge in [-0.15, -0.1) is 0 Å². The van der Waals surface area contributed by atoms with Gasteiger partial charge in [0.05, 0.1) is 70.9 Å². The van der Waals surface area contributed by atoms with Gasteiger partial charge in [-0.25, -0.2) is 29.1 Å². The number of pyridine rings is 4. The Morgan fingerprint density at radius 3 is 1.25 bits per heavy atom. The smallest absolute Gasteiger partial charge is 0.407 e. The second kappa shape index (κ2) is 39.0. The maximum atomic E-state index is 14.4. The lowest BCUT2D eigenvalue weighted by Gasteiger charge is -2.43. The number of nitrogens with zero attached hydrogens (tertiary/aromatic N) is 4. The predicted molar refractivity (Wildman–Crippen MR) is 497 cm³/mol. The number of carbonyl (C=O) groups is 7. The molecule has 0 spiro atoms. The largest absolute Gasteiger partial charge is 0.534 e. The predicted octanol–water partition coefficient (Wildman–Crippen LogP) is 15.3. The van der Waals surface area contributed by atoms with Gasteiger partial charge in [0.25, 0.3) is 11.1 Å². The Labute approximate surface area is 750 Å². The molecule has 4 aliphatic rings. The Balaban J connectivity index is 0.000000207. The molecule has 1 amide bonds. The fraction of sp³-hybridized carbons (Fsp3) is 0.416. The molecule has 10 aromatic rings. The van der Waals surface area contributed by atoms with Crippen molar-refractivity contribution in [3.8, 4) is 34.3 Å². The lowest BCUT2D eigenvalue weighted by Crippen LogP contribution is -2.68. The van der Waals surface area contributed by atoms with E-state index < -0.39 is 93.2 Å². The van der Waals surface area contributed by atoms with E-state index in [-0.39, 0.29) is 66.5 Å². The summed E-state index contributed by atoms with van der Waals surface area (Å²) in [5, 5.41) is 36.7. The number of aryl methyl sites for hydroxylation is 2. The van der Waals surface area contributed by atoms with E-state index in [1.54, 1.807) is 97.4 Å². The van der Waals surface area contributed by atoms with Crippen molar-refractivity contribution in [3.05, 3.63) is 235 Å². The van der Waals surface area contributed by atoms with Gasteiger partial charge in [-0.05, 0) is 191 Å². The molecule has 2 atom stereocenters. The molecule has 0 radical (unpaired) electrons. The van der Waals surface area contributed by atoms with Crippen LogP contribution in [0.1, 0.15) is 227 Å². The van der Waals surface area contributed by atoms with Gasteiger partial charge in [0.2, 0.25) is 5.60 Å². The summed E-state index contributed by atoms with van der Waals surface area (Å²) in [5.74, 6) is -2.49. The van der Waals surface area contributed by atoms with Crippen molar-refractivity contribution in [2.24, 2.45) is 0 Å². The van der Waals surface area contributed by atoms with Gasteiger partial charge >= 0.3 is 58.5 Å². The van der Waals surface area contributed by atoms with Gasteiger partial charge in [0.1, 0.15) is 48.1 Å². The molecule has 4 aromatic heterocycles. The molecule has 8 heterocycles. The number of carboxylic acid groups (broad SMARTS) is 1. The van der Waals surface area contributed by atoms with Crippen molar-refractivity contribution >= 4 is 101 Å². The van der Waals surface area contributed by atoms with Crippen molar-refractivity contribution in [1.82, 2.24) is 24.4 Å². The molecule has 0 bridgehead atoms. The lowest BCUT2D eigenvalue weighted by molar-refractivity contribution is -0.189. The van der Waals surface area contributed by atoms with Crippen molar-refractivity contribution in [1.29, 1.82) is 0 Å². The fourth-order valence-electron chi connectivity index (χ4n) is 17.3. The Hall–Kier alpha value is -11.9. The fourth-order valence-corrected chi connectivity index (χ4v) is 26.1. The van der Waals surface area contributed by atoms with Gasteiger partial charge in [0, 0.05) is 46.0 Å². The van der Waals surface area contributed by atoms with Crippen molar-refractivity contribution in [2.45, 2.75) is 260 Å². The highest BCUT2D eigenvalue weighted by atomic mass is 28.4. The summed E-state index contributed by atoms with van der Waals surface area (Å²) in [7, 11) is -5.77. The normalized spacial score (nSPS) is 15.6. The van der Waals surface area contributed by atoms with Crippen LogP contribution in [0.2, 0.25) is 10.1 Å². The quantitative estimate of drug-likeness (QED) is 0.0200. The van der Waals surface area contributed by atoms with E-state index in [0.29, 0.717) is 90.3 Å². The van der Waals surface area contributed by atoms with E-state index in [4.69, 9.17) is 57.5 Å². The van der Waals surface area contributed by atoms with E-state index in [9.17, 15) is 48.3 Å². The number of aliphatic hydroxyl groups is 2. The monoisotopic (exact) mass is 1780 g/mol. The topological polar surface area (TPSA) is 336 Å². The molecular formula is C101H121N5O20Si2. The molecule has 6 aromatic carbocycles. The summed E-state index contributed by atoms with van der Waals surface area (Å²) in [6.45, 7) is 37.3. The number of carbonyl (C=O) groups excluding carboxylic acids is 6. The average molecular weight is 1780 g/mol. The van der Waals surface area contributed by atoms with E-state index in [2.05, 4.69) is 170 Å². The molecule has 678 valence electrons. The number of aliphatic hydroxyl groups excluding tert-OH is 1. The molecule has 0 fully saturated rings. The first-order chi connectivity index (χ1) is 60.3. The van der Waals surface area contributed by atoms with E-state index in [0.717, 1.165) is 62.0 Å². The summed E-state index contributed by atoms with van der Waals surface area (Å²) in [5.41, 5.74) is 3.69. The zero-order chi connectivity index (χ0) is 93.4. The Morgan fingerprint density at radius 1 is 0.469 bits per heavy atom. The zero-order valence-corrected chi connectivity index (χ0v) is 79.1. The number of nitrogens with one attached hydrogen (secondary N) is 1. The van der Waals surface area contributed by atoms with Crippen LogP contribution in [-0.4, -0.2) is 123 Å². The second-order valence-corrected chi connectivity index (χ2v) is 46.0. The van der Waals surface area contributed by atoms with Crippen LogP contribution in [0.15, 0.2) is 179 Å². The third-order valence-electron chi connectivity index (χ3n) is 23.1. The highest BCUT2D eigenvalue weighted by Crippen LogP contribution is 2.47. The van der Waals surface area contributed by atoms with Crippen molar-refractivity contribution < 1.29 is 86.2 Å². The summed E-state index contributed by atoms with van der Waals surface area (Å²) in [6, 6.07) is 58.0. The summed E-state index contributed by atoms with van der Waals surface area (Å²) in [6.07, 6.45) is 2.69. The maximum absolute atomic E-state index is 14.4. The minimum Gasteiger partial charge on any atom is -0.534 e. The highest BCUT2D eigenvalue weighted by Gasteiger charge is 2.55. The number of aliphatic carboxylic acids is 1. The van der Waals surface area contributed by atoms with Crippen LogP contribution in [0.25, 0.3) is 44.6 Å². The first-order valence-electron chi connectivity index (χ1n) is 43.9. The zero-order valence-electron chi connectivity index (χ0n) is 77.1. The molecule has 0 saturated carbocycles. The number of carboxylic acids is 1. The number of benzene rings is 6. The molecule has 27 heteroatoms. The van der Waals surface area contributed by atoms with E-state index >= 15 is 0 Å². The molecular weight excluding hydrogens is 1660 g/mol. The summed E-state index contributed by atoms with van der Waals surface area (Å²) >= 11 is 0. The van der Waals surface area contributed by atoms with Crippen LogP contribution >= 0.6 is 0 Å². The number of esters is 5. The lowest BCUT2D eigenvalue weighted by atomic mass is 9.85. The number of aromatic nitrogens is 4. The van der Waals surface area contributed by atoms with Gasteiger partial charge in [-0.2, -0.15) is 0 Å². The van der Waals surface area contributed by atoms with E-state index in [1.165, 1.54) is 20.7 Å². The number of unbranched alkanes of at least 4 members (excludes halogenated alkanes) is 2. The Kier molecular flexibility index (Phi) is 29.4. The number of amides is 1. The third-order valence-corrected chi connectivity index (χ3v) is 33.0. The molecule has 0 unspecified atom stereocenters. The second-order valence-electron chi connectivity index (χ2n) is 37.5. The summed E-state index contributed by atoms with van der Waals surface area (Å²) in [4.78, 5) is 121. The minimum atomic E-state index is -2.92. The number of fused-ring (bicyclic) bond motifs is 10. The number of alkyl carbamates (subject to hydrolysis) is 1. The Bertz CT molecular complexity index is 5850. The molecule has 14 rings (SSSR count). The van der Waals surface area contributed by atoms with E-state index in [1.807, 2.05) is 48.5 Å². The van der Waals surface area contributed by atoms with Crippen molar-refractivity contribution in [2.75, 3.05) is 13.2 Å². The standard InChI is InChI=1S/C49H57N3O8Si.C38H38N2O5Si.C8H14O4.C6H12O3/c1-9-35-36-28-32(60-61(48(6,7)8,33-20-14-11-15-21-33)34-22-16-12-17-23-34)25-26-40(36)51-43-37(35)30-52-41(43)29-39-38(44(52)54)31-57-45(55)49(39,10-2)58-42(53)24-18-13-19-27-50-46(56)59-47(3,4)5;1-6-27-28-20-24(45-46(37(3,4)5,25-14-10-8-11-15-25)26-16-12-9-13-17-26)18-19-32(28)39-34-29(27)22-40-33(34)21-31-30(35(40)41)23-44-36(42)38(31,43)7-2;1-8(2,3)12-7(11)5-4-6(9)10;1-6(2,3)9-5(8)4-7/h11-12,14-17,20-23,25-26,28-29H,9-10,13,18-19,24,27,30-31H2,1-8H3,(H,50,56);8-21,43H,6-7,22-23H2,1-5H3;4-5H2,1-3H3,(H,9,10);7H,4H2,1-3H3/t49-;38-;;/m00../s1. The van der Waals surface area contributed by atoms with Gasteiger partial charge < -0.3 is 67.0 Å². The van der Waals surface area contributed by atoms with Crippen LogP contribution in [0.4, 0.5) is 4.79 Å². The molecule has 0 aliphatic carbocycles. The van der Waals surface area contributed by atoms with Crippen LogP contribution in [-0.2, 0) is 108 Å². The van der Waals surface area contributed by atoms with Crippen molar-refractivity contribution in [3.63, 3.8) is 0 Å². The minimum absolute atomic E-state index is 0.0543. The van der Waals surface area contributed by atoms with Gasteiger partial charge in [0.15, 0.2) is 5.60 Å². The molecule has 4 aliphatic heterocycles. The van der Waals surface area contributed by atoms with Crippen LogP contribution in [0, 0.1) is 0 Å². The molecule has 25 nitrogen and oxygen atoms in total. The molecule has 0 saturated heterocycles. The number of hydrogen-bond acceptors (Lipinski definition) is 21. The highest BCUT2D eigenvalue weighted by molar-refractivity contribution is 7.00. The number of cyclic esters (lactones) is 2. The SMILES string of the molecule is CC(C)(C)OC(=O)CCC(=O)O.CC(C)(C)OC(=O)CO.CCc1c2c(nc3ccc(O[Si](c4ccccc4)(c4ccccc4)C(C)(C)C)cc13)-c1cc3c(c(=O)n1C2)COC(=O)[C@@]3(CC)OC(=O)CCCCCNC(=O)OC(C)(C)C.CCc1c2c(nc3ccc(O[Si](c4ccccc4)(c4ccccc4)C(C)(C)C)cc13)-c1cc3c(c(=O)n1C2)COC(=O)[C@]3(O)CC. The summed E-state index contributed by atoms with van der Waals surface area (Å²) < 4.78 is 49.9. The van der Waals surface area contributed by atoms with Gasteiger partial charge in [-0.1, -0.05) is 197 Å². The number of ether oxygens (including phenoxy) is 6. The average Bonchev–Trinajstić information content (AvgIpc) is 1.52. The number of hydrogen-bond donors (Lipinski definition) is 4. The first-order valence-corrected chi connectivity index (χ1v) is 47.7. The van der Waals surface area contributed by atoms with Crippen LogP contribution < -0.4 is 46.0 Å². The molecule has 4 N–H and O–H groups in total. The maximum Gasteiger partial charge on any atom is 0.407 e. The third kappa shape index (κ3) is 20.6. The van der Waals surface area contributed by atoms with Gasteiger partial charge in [-0.3, -0.25) is 24.0 Å². The van der Waals surface area contributed by atoms with Crippen LogP contribution in [0.3, 0.4) is 0 Å². The molecule has 128 heavy (non-hydrogen) atoms. The number of rotatable bonds is 23. The first kappa shape index (κ1) is 96.7.